The first-order chi connectivity index (χ1) is 15.9. The predicted molar refractivity (Wildman–Crippen MR) is 118 cm³/mol. The normalized spacial score (nSPS) is 19.9. The van der Waals surface area contributed by atoms with Gasteiger partial charge in [-0.1, -0.05) is 19.9 Å². The first-order valence-corrected chi connectivity index (χ1v) is 12.1. The number of hydrogen-bond acceptors (Lipinski definition) is 5. The number of carbonyl (C=O) groups is 2. The quantitative estimate of drug-likeness (QED) is 0.481. The molecule has 11 heteroatoms. The van der Waals surface area contributed by atoms with Gasteiger partial charge in [-0.05, 0) is 55.5 Å². The van der Waals surface area contributed by atoms with E-state index in [1.165, 1.54) is 35.5 Å². The maximum absolute atomic E-state index is 13.8. The highest BCUT2D eigenvalue weighted by Gasteiger charge is 2.32. The molecule has 0 aliphatic carbocycles. The molecule has 1 aliphatic heterocycles. The number of piperidine rings is 1. The van der Waals surface area contributed by atoms with Gasteiger partial charge in [-0.15, -0.1) is 0 Å². The summed E-state index contributed by atoms with van der Waals surface area (Å²) in [6, 6.07) is 6.74. The monoisotopic (exact) mass is 498 g/mol. The van der Waals surface area contributed by atoms with E-state index in [0.29, 0.717) is 19.2 Å². The van der Waals surface area contributed by atoms with Gasteiger partial charge in [-0.3, -0.25) is 4.79 Å². The topological polar surface area (TPSA) is 92.8 Å². The maximum Gasteiger partial charge on any atom is 0.338 e. The Morgan fingerprint density at radius 3 is 2.35 bits per heavy atom. The van der Waals surface area contributed by atoms with E-state index in [-0.39, 0.29) is 22.3 Å². The summed E-state index contributed by atoms with van der Waals surface area (Å²) in [6.07, 6.45) is -0.517. The fraction of sp³-hybridized carbons (Fsp3) is 0.391. The SMILES string of the molecule is CC1CC(C)CN(S(=O)(=O)c2cccc(C(=O)OC(C)C(=O)Nc3ccc(F)c(F)c3F)c2)C1. The number of amides is 1. The third-order valence-corrected chi connectivity index (χ3v) is 7.32. The molecule has 2 aromatic rings. The van der Waals surface area contributed by atoms with Crippen LogP contribution in [-0.2, 0) is 19.6 Å². The molecular weight excluding hydrogens is 473 g/mol. The highest BCUT2D eigenvalue weighted by molar-refractivity contribution is 7.89. The van der Waals surface area contributed by atoms with Crippen molar-refractivity contribution in [2.45, 2.75) is 38.2 Å². The zero-order valence-corrected chi connectivity index (χ0v) is 19.7. The summed E-state index contributed by atoms with van der Waals surface area (Å²) in [6.45, 7) is 5.90. The van der Waals surface area contributed by atoms with Gasteiger partial charge in [0.15, 0.2) is 23.6 Å². The Labute approximate surface area is 196 Å². The van der Waals surface area contributed by atoms with Crippen LogP contribution in [0.3, 0.4) is 0 Å². The van der Waals surface area contributed by atoms with Gasteiger partial charge < -0.3 is 10.1 Å². The number of hydrogen-bond donors (Lipinski definition) is 1. The third kappa shape index (κ3) is 5.58. The van der Waals surface area contributed by atoms with Crippen molar-refractivity contribution in [2.24, 2.45) is 11.8 Å². The number of anilines is 1. The van der Waals surface area contributed by atoms with Crippen LogP contribution >= 0.6 is 0 Å². The van der Waals surface area contributed by atoms with Gasteiger partial charge >= 0.3 is 5.97 Å². The molecule has 0 saturated carbocycles. The molecule has 3 unspecified atom stereocenters. The number of sulfonamides is 1. The van der Waals surface area contributed by atoms with Crippen molar-refractivity contribution in [1.29, 1.82) is 0 Å². The average Bonchev–Trinajstić information content (AvgIpc) is 2.78. The molecule has 0 spiro atoms. The largest absolute Gasteiger partial charge is 0.449 e. The summed E-state index contributed by atoms with van der Waals surface area (Å²) in [5.41, 5.74) is -0.720. The number of carbonyl (C=O) groups excluding carboxylic acids is 2. The number of benzene rings is 2. The molecule has 1 fully saturated rings. The zero-order chi connectivity index (χ0) is 25.2. The van der Waals surface area contributed by atoms with Crippen LogP contribution < -0.4 is 5.32 Å². The van der Waals surface area contributed by atoms with Crippen LogP contribution in [0.25, 0.3) is 0 Å². The number of nitrogens with zero attached hydrogens (tertiary/aromatic N) is 1. The maximum atomic E-state index is 13.8. The number of halogens is 3. The third-order valence-electron chi connectivity index (χ3n) is 5.49. The Balaban J connectivity index is 1.71. The van der Waals surface area contributed by atoms with Crippen LogP contribution in [0, 0.1) is 29.3 Å². The van der Waals surface area contributed by atoms with Crippen LogP contribution in [-0.4, -0.2) is 43.8 Å². The van der Waals surface area contributed by atoms with E-state index >= 15 is 0 Å². The van der Waals surface area contributed by atoms with Crippen LogP contribution in [0.4, 0.5) is 18.9 Å². The van der Waals surface area contributed by atoms with E-state index in [1.807, 2.05) is 19.2 Å². The summed E-state index contributed by atoms with van der Waals surface area (Å²) in [4.78, 5) is 24.7. The molecule has 0 bridgehead atoms. The van der Waals surface area contributed by atoms with E-state index in [4.69, 9.17) is 4.74 Å². The van der Waals surface area contributed by atoms with Crippen molar-refractivity contribution in [3.63, 3.8) is 0 Å². The molecule has 1 amide bonds. The number of ether oxygens (including phenoxy) is 1. The lowest BCUT2D eigenvalue weighted by atomic mass is 9.94. The summed E-state index contributed by atoms with van der Waals surface area (Å²) in [5.74, 6) is -6.33. The van der Waals surface area contributed by atoms with E-state index < -0.39 is 51.1 Å². The van der Waals surface area contributed by atoms with Gasteiger partial charge in [0.05, 0.1) is 16.1 Å². The first kappa shape index (κ1) is 25.7. The molecule has 184 valence electrons. The Morgan fingerprint density at radius 1 is 1.06 bits per heavy atom. The van der Waals surface area contributed by atoms with Gasteiger partial charge in [0, 0.05) is 13.1 Å². The molecule has 1 N–H and O–H groups in total. The molecule has 3 rings (SSSR count). The molecular formula is C23H25F3N2O5S. The summed E-state index contributed by atoms with van der Waals surface area (Å²) < 4.78 is 72.8. The molecule has 0 radical (unpaired) electrons. The Kier molecular flexibility index (Phi) is 7.67. The smallest absolute Gasteiger partial charge is 0.338 e. The minimum absolute atomic E-state index is 0.0794. The van der Waals surface area contributed by atoms with Gasteiger partial charge in [0.1, 0.15) is 0 Å². The second-order valence-corrected chi connectivity index (χ2v) is 10.5. The highest BCUT2D eigenvalue weighted by atomic mass is 32.2. The van der Waals surface area contributed by atoms with Crippen molar-refractivity contribution in [1.82, 2.24) is 4.31 Å². The average molecular weight is 499 g/mol. The van der Waals surface area contributed by atoms with Crippen molar-refractivity contribution in [3.8, 4) is 0 Å². The van der Waals surface area contributed by atoms with Gasteiger partial charge in [-0.2, -0.15) is 4.31 Å². The zero-order valence-electron chi connectivity index (χ0n) is 18.8. The molecule has 1 aliphatic rings. The van der Waals surface area contributed by atoms with Crippen molar-refractivity contribution in [2.75, 3.05) is 18.4 Å². The lowest BCUT2D eigenvalue weighted by Gasteiger charge is -2.34. The number of rotatable bonds is 6. The van der Waals surface area contributed by atoms with Crippen LogP contribution in [0.5, 0.6) is 0 Å². The van der Waals surface area contributed by atoms with E-state index in [0.717, 1.165) is 12.5 Å². The fourth-order valence-corrected chi connectivity index (χ4v) is 5.60. The Bertz CT molecular complexity index is 1200. The second kappa shape index (κ2) is 10.1. The van der Waals surface area contributed by atoms with Gasteiger partial charge in [0.25, 0.3) is 5.91 Å². The predicted octanol–water partition coefficient (Wildman–Crippen LogP) is 3.95. The molecule has 2 aromatic carbocycles. The summed E-state index contributed by atoms with van der Waals surface area (Å²) in [7, 11) is -3.84. The molecule has 34 heavy (non-hydrogen) atoms. The van der Waals surface area contributed by atoms with E-state index in [9.17, 15) is 31.2 Å². The number of nitrogens with one attached hydrogen (secondary N) is 1. The van der Waals surface area contributed by atoms with E-state index in [1.54, 1.807) is 0 Å². The van der Waals surface area contributed by atoms with Crippen LogP contribution in [0.15, 0.2) is 41.3 Å². The standard InChI is InChI=1S/C23H25F3N2O5S/c1-13-9-14(2)12-28(11-13)34(31,32)17-6-4-5-16(10-17)23(30)33-15(3)22(29)27-19-8-7-18(24)20(25)21(19)26/h4-8,10,13-15H,9,11-12H2,1-3H3,(H,27,29). The van der Waals surface area contributed by atoms with Crippen LogP contribution in [0.1, 0.15) is 37.6 Å². The van der Waals surface area contributed by atoms with Gasteiger partial charge in [-0.25, -0.2) is 26.4 Å². The Hall–Kier alpha value is -2.92. The van der Waals surface area contributed by atoms with Gasteiger partial charge in [0.2, 0.25) is 10.0 Å². The molecule has 1 heterocycles. The number of esters is 1. The minimum atomic E-state index is -3.84. The lowest BCUT2D eigenvalue weighted by molar-refractivity contribution is -0.123. The molecule has 3 atom stereocenters. The van der Waals surface area contributed by atoms with Crippen molar-refractivity contribution < 1.29 is 35.9 Å². The fourth-order valence-electron chi connectivity index (χ4n) is 3.87. The van der Waals surface area contributed by atoms with Crippen LogP contribution in [0.2, 0.25) is 0 Å². The van der Waals surface area contributed by atoms with Crippen molar-refractivity contribution >= 4 is 27.6 Å². The summed E-state index contributed by atoms with van der Waals surface area (Å²) in [5, 5.41) is 2.02. The van der Waals surface area contributed by atoms with Crippen molar-refractivity contribution in [3.05, 3.63) is 59.4 Å². The minimum Gasteiger partial charge on any atom is -0.449 e. The molecule has 1 saturated heterocycles. The first-order valence-electron chi connectivity index (χ1n) is 10.7. The Morgan fingerprint density at radius 2 is 1.71 bits per heavy atom. The second-order valence-electron chi connectivity index (χ2n) is 8.56. The summed E-state index contributed by atoms with van der Waals surface area (Å²) >= 11 is 0. The highest BCUT2D eigenvalue weighted by Crippen LogP contribution is 2.27. The van der Waals surface area contributed by atoms with E-state index in [2.05, 4.69) is 0 Å². The molecule has 7 nitrogen and oxygen atoms in total. The molecule has 0 aromatic heterocycles. The lowest BCUT2D eigenvalue weighted by Crippen LogP contribution is -2.42.